The summed E-state index contributed by atoms with van der Waals surface area (Å²) in [6.07, 6.45) is 0. The quantitative estimate of drug-likeness (QED) is 0.635. The molecule has 1 aliphatic heterocycles. The van der Waals surface area contributed by atoms with E-state index in [0.29, 0.717) is 0 Å². The van der Waals surface area contributed by atoms with Crippen LogP contribution in [0.3, 0.4) is 0 Å². The number of hydrogen-bond acceptors (Lipinski definition) is 1. The van der Waals surface area contributed by atoms with Gasteiger partial charge >= 0.3 is 0 Å². The molecule has 1 nitrogen and oxygen atoms in total. The molecule has 0 atom stereocenters. The van der Waals surface area contributed by atoms with Crippen LogP contribution < -0.4 is 5.32 Å². The van der Waals surface area contributed by atoms with Gasteiger partial charge in [0.25, 0.3) is 0 Å². The van der Waals surface area contributed by atoms with Gasteiger partial charge in [-0.05, 0) is 21.9 Å². The predicted octanol–water partition coefficient (Wildman–Crippen LogP) is 2.33. The largest absolute Gasteiger partial charge is 0.299 e. The molecule has 0 bridgehead atoms. The first-order valence-corrected chi connectivity index (χ1v) is 4.45. The maximum absolute atomic E-state index is 3.14. The van der Waals surface area contributed by atoms with Gasteiger partial charge in [0.1, 0.15) is 0 Å². The summed E-state index contributed by atoms with van der Waals surface area (Å²) in [6, 6.07) is 12.7. The second kappa shape index (κ2) is 2.57. The molecule has 0 spiro atoms. The summed E-state index contributed by atoms with van der Waals surface area (Å²) < 4.78 is 0. The topological polar surface area (TPSA) is 12.0 Å². The molecule has 1 heteroatoms. The molecule has 13 heavy (non-hydrogen) atoms. The molecule has 3 rings (SSSR count). The summed E-state index contributed by atoms with van der Waals surface area (Å²) in [6.45, 7) is 4.06. The highest BCUT2D eigenvalue weighted by molar-refractivity contribution is 5.87. The average Bonchev–Trinajstić information content (AvgIpc) is 2.65. The van der Waals surface area contributed by atoms with Gasteiger partial charge in [0.2, 0.25) is 0 Å². The van der Waals surface area contributed by atoms with E-state index in [9.17, 15) is 0 Å². The molecule has 2 aromatic carbocycles. The van der Waals surface area contributed by atoms with E-state index in [4.69, 9.17) is 0 Å². The summed E-state index contributed by atoms with van der Waals surface area (Å²) in [5.41, 5.74) is 2.58. The summed E-state index contributed by atoms with van der Waals surface area (Å²) in [7, 11) is 0. The van der Waals surface area contributed by atoms with Crippen molar-refractivity contribution in [3.05, 3.63) is 54.1 Å². The molecule has 0 saturated carbocycles. The number of fused-ring (bicyclic) bond motifs is 3. The van der Waals surface area contributed by atoms with Crippen molar-refractivity contribution in [1.29, 1.82) is 0 Å². The minimum Gasteiger partial charge on any atom is -0.299 e. The Hall–Kier alpha value is -1.34. The minimum absolute atomic E-state index is 0.913. The molecule has 0 aliphatic carbocycles. The molecule has 62 valence electrons. The van der Waals surface area contributed by atoms with Crippen molar-refractivity contribution in [3.63, 3.8) is 0 Å². The Kier molecular flexibility index (Phi) is 1.41. The van der Waals surface area contributed by atoms with Crippen molar-refractivity contribution in [3.8, 4) is 0 Å². The summed E-state index contributed by atoms with van der Waals surface area (Å²) in [4.78, 5) is 0. The first-order valence-electron chi connectivity index (χ1n) is 4.45. The highest BCUT2D eigenvalue weighted by Crippen LogP contribution is 2.26. The van der Waals surface area contributed by atoms with E-state index in [1.54, 1.807) is 0 Å². The zero-order valence-corrected chi connectivity index (χ0v) is 7.17. The standard InChI is InChI=1S/C12H9N/c1-2-4-11-9(3-1)5-6-10-7-13-8-12(10)11/h1-6,13H,8H2. The van der Waals surface area contributed by atoms with Gasteiger partial charge in [0, 0.05) is 6.54 Å². The molecule has 1 heterocycles. The summed E-state index contributed by atoms with van der Waals surface area (Å²) in [5, 5.41) is 5.79. The molecule has 2 radical (unpaired) electrons. The third kappa shape index (κ3) is 0.973. The fourth-order valence-electron chi connectivity index (χ4n) is 1.87. The molecule has 0 aromatic heterocycles. The molecule has 0 fully saturated rings. The second-order valence-electron chi connectivity index (χ2n) is 3.29. The van der Waals surface area contributed by atoms with Gasteiger partial charge in [0.05, 0.1) is 6.54 Å². The first kappa shape index (κ1) is 7.10. The fourth-order valence-corrected chi connectivity index (χ4v) is 1.87. The Bertz CT molecular complexity index is 460. The molecule has 0 unspecified atom stereocenters. The fraction of sp³-hybridized carbons (Fsp3) is 0.0833. The summed E-state index contributed by atoms with van der Waals surface area (Å²) >= 11 is 0. The van der Waals surface area contributed by atoms with Crippen LogP contribution in [0.2, 0.25) is 0 Å². The van der Waals surface area contributed by atoms with E-state index < -0.39 is 0 Å². The van der Waals surface area contributed by atoms with E-state index in [1.807, 2.05) is 0 Å². The van der Waals surface area contributed by atoms with Crippen molar-refractivity contribution in [2.24, 2.45) is 0 Å². The van der Waals surface area contributed by atoms with Crippen molar-refractivity contribution < 1.29 is 0 Å². The van der Waals surface area contributed by atoms with Gasteiger partial charge in [-0.1, -0.05) is 36.4 Å². The lowest BCUT2D eigenvalue weighted by Crippen LogP contribution is -1.97. The monoisotopic (exact) mass is 167 g/mol. The van der Waals surface area contributed by atoms with E-state index in [-0.39, 0.29) is 0 Å². The van der Waals surface area contributed by atoms with Crippen molar-refractivity contribution in [2.45, 2.75) is 6.54 Å². The van der Waals surface area contributed by atoms with E-state index in [0.717, 1.165) is 6.54 Å². The third-order valence-electron chi connectivity index (χ3n) is 2.53. The normalized spacial score (nSPS) is 14.8. The lowest BCUT2D eigenvalue weighted by molar-refractivity contribution is 0.890. The first-order chi connectivity index (χ1) is 6.45. The molecule has 0 saturated heterocycles. The Balaban J connectivity index is 2.43. The molecular formula is C12H9N. The number of benzene rings is 2. The molecule has 0 amide bonds. The van der Waals surface area contributed by atoms with Crippen LogP contribution in [0.25, 0.3) is 10.8 Å². The van der Waals surface area contributed by atoms with Crippen LogP contribution in [-0.4, -0.2) is 0 Å². The molecule has 1 N–H and O–H groups in total. The van der Waals surface area contributed by atoms with Gasteiger partial charge in [0.15, 0.2) is 0 Å². The van der Waals surface area contributed by atoms with Crippen LogP contribution in [0.4, 0.5) is 0 Å². The van der Waals surface area contributed by atoms with Crippen LogP contribution in [0.15, 0.2) is 36.4 Å². The number of hydrogen-bond donors (Lipinski definition) is 1. The number of rotatable bonds is 0. The van der Waals surface area contributed by atoms with Crippen molar-refractivity contribution in [1.82, 2.24) is 5.32 Å². The zero-order valence-electron chi connectivity index (χ0n) is 7.17. The van der Waals surface area contributed by atoms with Crippen LogP contribution in [-0.2, 0) is 6.54 Å². The Labute approximate surface area is 77.4 Å². The highest BCUT2D eigenvalue weighted by Gasteiger charge is 2.12. The smallest absolute Gasteiger partial charge is 0.0940 e. The van der Waals surface area contributed by atoms with E-state index in [2.05, 4.69) is 48.3 Å². The van der Waals surface area contributed by atoms with Crippen LogP contribution in [0, 0.1) is 6.54 Å². The van der Waals surface area contributed by atoms with Gasteiger partial charge in [-0.15, -0.1) is 0 Å². The molecule has 2 aromatic rings. The van der Waals surface area contributed by atoms with Crippen molar-refractivity contribution in [2.75, 3.05) is 0 Å². The van der Waals surface area contributed by atoms with E-state index >= 15 is 0 Å². The highest BCUT2D eigenvalue weighted by atomic mass is 14.9. The van der Waals surface area contributed by atoms with Gasteiger partial charge in [-0.2, -0.15) is 0 Å². The SMILES string of the molecule is [C]1NCc2c1ccc1ccccc21. The van der Waals surface area contributed by atoms with Gasteiger partial charge in [-0.25, -0.2) is 0 Å². The molecular weight excluding hydrogens is 158 g/mol. The predicted molar refractivity (Wildman–Crippen MR) is 53.1 cm³/mol. The third-order valence-corrected chi connectivity index (χ3v) is 2.53. The maximum atomic E-state index is 3.14. The van der Waals surface area contributed by atoms with Gasteiger partial charge in [-0.3, -0.25) is 5.32 Å². The minimum atomic E-state index is 0.913. The second-order valence-corrected chi connectivity index (χ2v) is 3.29. The van der Waals surface area contributed by atoms with Crippen LogP contribution in [0.1, 0.15) is 11.1 Å². The Morgan fingerprint density at radius 3 is 3.00 bits per heavy atom. The number of nitrogens with one attached hydrogen (secondary N) is 1. The van der Waals surface area contributed by atoms with Crippen LogP contribution in [0.5, 0.6) is 0 Å². The molecule has 1 aliphatic rings. The zero-order chi connectivity index (χ0) is 8.67. The van der Waals surface area contributed by atoms with E-state index in [1.165, 1.54) is 21.9 Å². The maximum Gasteiger partial charge on any atom is 0.0940 e. The summed E-state index contributed by atoms with van der Waals surface area (Å²) in [5.74, 6) is 0. The lowest BCUT2D eigenvalue weighted by Gasteiger charge is -2.02. The van der Waals surface area contributed by atoms with Crippen molar-refractivity contribution >= 4 is 10.8 Å². The Morgan fingerprint density at radius 1 is 1.08 bits per heavy atom. The Morgan fingerprint density at radius 2 is 2.00 bits per heavy atom. The average molecular weight is 167 g/mol. The lowest BCUT2D eigenvalue weighted by atomic mass is 10.0. The van der Waals surface area contributed by atoms with Crippen LogP contribution >= 0.6 is 0 Å². The van der Waals surface area contributed by atoms with Gasteiger partial charge < -0.3 is 0 Å².